The number of hydrogen-bond donors (Lipinski definition) is 1. The molecule has 2 aromatic heterocycles. The van der Waals surface area contributed by atoms with Crippen LogP contribution >= 0.6 is 0 Å². The van der Waals surface area contributed by atoms with Crippen molar-refractivity contribution in [2.24, 2.45) is 5.92 Å². The molecule has 1 N–H and O–H groups in total. The van der Waals surface area contributed by atoms with Crippen molar-refractivity contribution in [2.45, 2.75) is 92.0 Å². The molecule has 8 heteroatoms. The molecule has 1 aliphatic heterocycles. The zero-order valence-electron chi connectivity index (χ0n) is 22.3. The van der Waals surface area contributed by atoms with Gasteiger partial charge in [-0.15, -0.1) is 5.10 Å². The first kappa shape index (κ1) is 25.5. The number of aromatic nitrogens is 5. The first-order chi connectivity index (χ1) is 16.6. The van der Waals surface area contributed by atoms with Crippen LogP contribution in [0.25, 0.3) is 10.9 Å². The Hall–Kier alpha value is -2.58. The van der Waals surface area contributed by atoms with E-state index >= 15 is 0 Å². The number of hydrogen-bond acceptors (Lipinski definition) is 6. The molecule has 35 heavy (non-hydrogen) atoms. The Morgan fingerprint density at radius 3 is 2.71 bits per heavy atom. The highest BCUT2D eigenvalue weighted by Gasteiger charge is 2.35. The van der Waals surface area contributed by atoms with Crippen molar-refractivity contribution in [3.8, 4) is 0 Å². The van der Waals surface area contributed by atoms with Crippen LogP contribution in [0.15, 0.2) is 23.0 Å². The van der Waals surface area contributed by atoms with Crippen LogP contribution in [-0.2, 0) is 16.8 Å². The lowest BCUT2D eigenvalue weighted by Gasteiger charge is -2.36. The number of aryl methyl sites for hydroxylation is 2. The maximum Gasteiger partial charge on any atom is 0.252 e. The zero-order chi connectivity index (χ0) is 25.3. The first-order valence-electron chi connectivity index (χ1n) is 12.9. The molecule has 2 atom stereocenters. The van der Waals surface area contributed by atoms with Crippen LogP contribution in [0.1, 0.15) is 82.4 Å². The summed E-state index contributed by atoms with van der Waals surface area (Å²) in [6, 6.07) is 6.18. The van der Waals surface area contributed by atoms with E-state index in [1.54, 1.807) is 0 Å². The van der Waals surface area contributed by atoms with E-state index in [9.17, 15) is 4.79 Å². The Morgan fingerprint density at radius 1 is 1.29 bits per heavy atom. The Balaban J connectivity index is 1.77. The minimum Gasteiger partial charge on any atom is -0.377 e. The van der Waals surface area contributed by atoms with Crippen LogP contribution in [0.4, 0.5) is 0 Å². The van der Waals surface area contributed by atoms with Gasteiger partial charge in [-0.3, -0.25) is 9.69 Å². The maximum atomic E-state index is 13.3. The smallest absolute Gasteiger partial charge is 0.252 e. The fourth-order valence-corrected chi connectivity index (χ4v) is 5.08. The summed E-state index contributed by atoms with van der Waals surface area (Å²) >= 11 is 0. The number of rotatable bonds is 9. The monoisotopic (exact) mass is 480 g/mol. The fourth-order valence-electron chi connectivity index (χ4n) is 5.08. The number of H-pyrrole nitrogens is 1. The third-order valence-corrected chi connectivity index (χ3v) is 7.69. The summed E-state index contributed by atoms with van der Waals surface area (Å²) in [6.45, 7) is 17.0. The SMILES string of the molecule is CCC(C)(C)n1nnnc1C(C(C)C)N(Cc1cc2ccc(C)c(C)c2[nH]c1=O)CC1CCCO1. The average molecular weight is 481 g/mol. The third kappa shape index (κ3) is 5.19. The molecule has 0 bridgehead atoms. The van der Waals surface area contributed by atoms with Crippen molar-refractivity contribution in [3.63, 3.8) is 0 Å². The second kappa shape index (κ2) is 10.2. The van der Waals surface area contributed by atoms with Gasteiger partial charge < -0.3 is 9.72 Å². The largest absolute Gasteiger partial charge is 0.377 e. The van der Waals surface area contributed by atoms with Crippen LogP contribution in [0, 0.1) is 19.8 Å². The normalized spacial score (nSPS) is 17.7. The number of pyridine rings is 1. The Kier molecular flexibility index (Phi) is 7.43. The van der Waals surface area contributed by atoms with Crippen molar-refractivity contribution < 1.29 is 4.74 Å². The molecule has 1 saturated heterocycles. The lowest BCUT2D eigenvalue weighted by Crippen LogP contribution is -2.41. The number of tetrazole rings is 1. The minimum absolute atomic E-state index is 0.0421. The van der Waals surface area contributed by atoms with E-state index in [4.69, 9.17) is 4.74 Å². The summed E-state index contributed by atoms with van der Waals surface area (Å²) < 4.78 is 8.00. The van der Waals surface area contributed by atoms with Crippen molar-refractivity contribution in [2.75, 3.05) is 13.2 Å². The molecule has 190 valence electrons. The van der Waals surface area contributed by atoms with Crippen LogP contribution in [0.2, 0.25) is 0 Å². The maximum absolute atomic E-state index is 13.3. The van der Waals surface area contributed by atoms with Crippen LogP contribution < -0.4 is 5.56 Å². The topological polar surface area (TPSA) is 88.9 Å². The van der Waals surface area contributed by atoms with Crippen LogP contribution in [0.3, 0.4) is 0 Å². The van der Waals surface area contributed by atoms with Crippen LogP contribution in [-0.4, -0.2) is 49.3 Å². The molecule has 2 unspecified atom stereocenters. The van der Waals surface area contributed by atoms with Crippen molar-refractivity contribution in [1.29, 1.82) is 0 Å². The second-order valence-electron chi connectivity index (χ2n) is 11.0. The van der Waals surface area contributed by atoms with E-state index in [1.165, 1.54) is 5.56 Å². The minimum atomic E-state index is -0.211. The summed E-state index contributed by atoms with van der Waals surface area (Å²) in [5, 5.41) is 14.0. The number of nitrogens with one attached hydrogen (secondary N) is 1. The molecule has 0 aliphatic carbocycles. The van der Waals surface area contributed by atoms with Gasteiger partial charge in [0.2, 0.25) is 0 Å². The zero-order valence-corrected chi connectivity index (χ0v) is 22.3. The molecular formula is C27H40N6O2. The summed E-state index contributed by atoms with van der Waals surface area (Å²) in [7, 11) is 0. The Morgan fingerprint density at radius 2 is 2.06 bits per heavy atom. The molecule has 8 nitrogen and oxygen atoms in total. The predicted octanol–water partition coefficient (Wildman–Crippen LogP) is 4.65. The standard InChI is InChI=1S/C27H40N6O2/c1-8-27(6,7)33-25(29-30-31-33)24(17(2)3)32(16-22-10-9-13-35-22)15-21-14-20-12-11-18(4)19(5)23(20)28-26(21)34/h11-12,14,17,22,24H,8-10,13,15-16H2,1-7H3,(H,28,34). The highest BCUT2D eigenvalue weighted by molar-refractivity contribution is 5.83. The summed E-state index contributed by atoms with van der Waals surface area (Å²) in [6.07, 6.45) is 3.15. The summed E-state index contributed by atoms with van der Waals surface area (Å²) in [5.74, 6) is 1.08. The molecule has 1 aliphatic rings. The Labute approximate surface area is 208 Å². The molecule has 0 saturated carbocycles. The first-order valence-corrected chi connectivity index (χ1v) is 12.9. The fraction of sp³-hybridized carbons (Fsp3) is 0.630. The van der Waals surface area contributed by atoms with E-state index in [0.29, 0.717) is 6.54 Å². The van der Waals surface area contributed by atoms with Gasteiger partial charge in [0.1, 0.15) is 0 Å². The van der Waals surface area contributed by atoms with Gasteiger partial charge in [0.05, 0.1) is 23.2 Å². The number of ether oxygens (including phenoxy) is 1. The van der Waals surface area contributed by atoms with Gasteiger partial charge in [0.25, 0.3) is 5.56 Å². The van der Waals surface area contributed by atoms with Crippen molar-refractivity contribution in [1.82, 2.24) is 30.1 Å². The van der Waals surface area contributed by atoms with Gasteiger partial charge in [-0.25, -0.2) is 4.68 Å². The van der Waals surface area contributed by atoms with Gasteiger partial charge in [-0.2, -0.15) is 0 Å². The predicted molar refractivity (Wildman–Crippen MR) is 138 cm³/mol. The highest BCUT2D eigenvalue weighted by atomic mass is 16.5. The molecule has 3 aromatic rings. The van der Waals surface area contributed by atoms with E-state index < -0.39 is 0 Å². The third-order valence-electron chi connectivity index (χ3n) is 7.69. The molecule has 0 radical (unpaired) electrons. The van der Waals surface area contributed by atoms with Crippen molar-refractivity contribution >= 4 is 10.9 Å². The van der Waals surface area contributed by atoms with Gasteiger partial charge in [0, 0.05) is 25.3 Å². The summed E-state index contributed by atoms with van der Waals surface area (Å²) in [4.78, 5) is 18.8. The number of aromatic amines is 1. The lowest BCUT2D eigenvalue weighted by molar-refractivity contribution is 0.0368. The number of benzene rings is 1. The molecule has 1 fully saturated rings. The van der Waals surface area contributed by atoms with E-state index in [-0.39, 0.29) is 29.2 Å². The van der Waals surface area contributed by atoms with Gasteiger partial charge >= 0.3 is 0 Å². The van der Waals surface area contributed by atoms with E-state index in [0.717, 1.165) is 60.3 Å². The molecule has 0 amide bonds. The molecule has 3 heterocycles. The van der Waals surface area contributed by atoms with E-state index in [1.807, 2.05) is 10.7 Å². The Bertz CT molecular complexity index is 1220. The second-order valence-corrected chi connectivity index (χ2v) is 11.0. The van der Waals surface area contributed by atoms with E-state index in [2.05, 4.69) is 86.0 Å². The number of fused-ring (bicyclic) bond motifs is 1. The molecule has 1 aromatic carbocycles. The molecule has 4 rings (SSSR count). The van der Waals surface area contributed by atoms with Gasteiger partial charge in [0.15, 0.2) is 5.82 Å². The summed E-state index contributed by atoms with van der Waals surface area (Å²) in [5.41, 5.74) is 3.70. The average Bonchev–Trinajstić information content (AvgIpc) is 3.50. The quantitative estimate of drug-likeness (QED) is 0.479. The molecule has 0 spiro atoms. The van der Waals surface area contributed by atoms with Crippen LogP contribution in [0.5, 0.6) is 0 Å². The number of nitrogens with zero attached hydrogens (tertiary/aromatic N) is 5. The lowest BCUT2D eigenvalue weighted by atomic mass is 9.96. The molecular weight excluding hydrogens is 440 g/mol. The van der Waals surface area contributed by atoms with Crippen molar-refractivity contribution in [3.05, 3.63) is 51.1 Å². The van der Waals surface area contributed by atoms with Gasteiger partial charge in [-0.05, 0) is 85.9 Å². The highest BCUT2D eigenvalue weighted by Crippen LogP contribution is 2.33. The van der Waals surface area contributed by atoms with Gasteiger partial charge in [-0.1, -0.05) is 32.9 Å².